The van der Waals surface area contributed by atoms with Crippen LogP contribution in [-0.2, 0) is 0 Å². The van der Waals surface area contributed by atoms with Crippen LogP contribution in [0.3, 0.4) is 0 Å². The lowest BCUT2D eigenvalue weighted by Crippen LogP contribution is -1.99. The van der Waals surface area contributed by atoms with Gasteiger partial charge in [0.05, 0.1) is 12.4 Å². The summed E-state index contributed by atoms with van der Waals surface area (Å²) in [4.78, 5) is 7.95. The molecule has 0 spiro atoms. The maximum absolute atomic E-state index is 12.4. The van der Waals surface area contributed by atoms with Gasteiger partial charge in [0, 0.05) is 5.92 Å². The Kier molecular flexibility index (Phi) is 2.02. The van der Waals surface area contributed by atoms with Crippen molar-refractivity contribution in [1.29, 1.82) is 0 Å². The summed E-state index contributed by atoms with van der Waals surface area (Å²) in [5.74, 6) is 0.941. The van der Waals surface area contributed by atoms with Crippen LogP contribution in [0.4, 0.5) is 4.39 Å². The first-order valence-corrected chi connectivity index (χ1v) is 4.34. The van der Waals surface area contributed by atoms with Gasteiger partial charge in [-0.1, -0.05) is 12.8 Å². The second kappa shape index (κ2) is 3.17. The molecule has 0 aliphatic heterocycles. The van der Waals surface area contributed by atoms with Crippen LogP contribution < -0.4 is 0 Å². The third-order valence-electron chi connectivity index (χ3n) is 2.36. The summed E-state index contributed by atoms with van der Waals surface area (Å²) >= 11 is 0. The predicted molar refractivity (Wildman–Crippen MR) is 43.2 cm³/mol. The normalized spacial score (nSPS) is 18.4. The Morgan fingerprint density at radius 3 is 2.33 bits per heavy atom. The van der Waals surface area contributed by atoms with Crippen molar-refractivity contribution in [2.45, 2.75) is 31.6 Å². The van der Waals surface area contributed by atoms with E-state index in [0.717, 1.165) is 18.7 Å². The van der Waals surface area contributed by atoms with E-state index >= 15 is 0 Å². The largest absolute Gasteiger partial charge is 0.238 e. The molecule has 1 fully saturated rings. The van der Waals surface area contributed by atoms with Crippen molar-refractivity contribution in [1.82, 2.24) is 9.97 Å². The average Bonchev–Trinajstić information content (AvgIpc) is 2.58. The molecule has 1 aliphatic rings. The summed E-state index contributed by atoms with van der Waals surface area (Å²) in [6.07, 6.45) is 7.33. The highest BCUT2D eigenvalue weighted by Gasteiger charge is 2.19. The van der Waals surface area contributed by atoms with Gasteiger partial charge in [-0.3, -0.25) is 0 Å². The van der Waals surface area contributed by atoms with Crippen molar-refractivity contribution >= 4 is 0 Å². The van der Waals surface area contributed by atoms with Crippen LogP contribution >= 0.6 is 0 Å². The van der Waals surface area contributed by atoms with Gasteiger partial charge in [-0.05, 0) is 12.8 Å². The van der Waals surface area contributed by atoms with E-state index in [2.05, 4.69) is 9.97 Å². The summed E-state index contributed by atoms with van der Waals surface area (Å²) < 4.78 is 12.4. The Hall–Kier alpha value is -0.990. The molecular weight excluding hydrogens is 155 g/mol. The lowest BCUT2D eigenvalue weighted by Gasteiger charge is -2.05. The Bertz CT molecular complexity index is 252. The molecule has 12 heavy (non-hydrogen) atoms. The maximum Gasteiger partial charge on any atom is 0.159 e. The first kappa shape index (κ1) is 7.65. The lowest BCUT2D eigenvalue weighted by molar-refractivity contribution is 0.593. The van der Waals surface area contributed by atoms with Crippen molar-refractivity contribution in [3.63, 3.8) is 0 Å². The highest BCUT2D eigenvalue weighted by atomic mass is 19.1. The maximum atomic E-state index is 12.4. The van der Waals surface area contributed by atoms with Gasteiger partial charge in [-0.25, -0.2) is 14.4 Å². The smallest absolute Gasteiger partial charge is 0.159 e. The molecule has 1 heterocycles. The number of nitrogens with zero attached hydrogens (tertiary/aromatic N) is 2. The van der Waals surface area contributed by atoms with Crippen LogP contribution in [0.15, 0.2) is 12.4 Å². The van der Waals surface area contributed by atoms with Gasteiger partial charge in [0.2, 0.25) is 0 Å². The zero-order valence-electron chi connectivity index (χ0n) is 6.83. The molecule has 1 saturated carbocycles. The molecule has 2 rings (SSSR count). The van der Waals surface area contributed by atoms with E-state index in [0.29, 0.717) is 5.92 Å². The molecule has 1 aromatic rings. The van der Waals surface area contributed by atoms with Crippen LogP contribution in [0.5, 0.6) is 0 Å². The van der Waals surface area contributed by atoms with Crippen LogP contribution in [-0.4, -0.2) is 9.97 Å². The highest BCUT2D eigenvalue weighted by Crippen LogP contribution is 2.31. The molecule has 0 bridgehead atoms. The van der Waals surface area contributed by atoms with Crippen LogP contribution in [0.25, 0.3) is 0 Å². The summed E-state index contributed by atoms with van der Waals surface area (Å²) in [5, 5.41) is 0. The van der Waals surface area contributed by atoms with E-state index in [9.17, 15) is 4.39 Å². The van der Waals surface area contributed by atoms with Crippen molar-refractivity contribution in [3.8, 4) is 0 Å². The molecule has 0 N–H and O–H groups in total. The van der Waals surface area contributed by atoms with E-state index in [1.807, 2.05) is 0 Å². The van der Waals surface area contributed by atoms with Gasteiger partial charge in [0.15, 0.2) is 5.82 Å². The molecule has 0 unspecified atom stereocenters. The molecular formula is C9H11FN2. The first-order chi connectivity index (χ1) is 5.86. The Morgan fingerprint density at radius 1 is 1.17 bits per heavy atom. The van der Waals surface area contributed by atoms with Crippen molar-refractivity contribution < 1.29 is 4.39 Å². The van der Waals surface area contributed by atoms with Gasteiger partial charge >= 0.3 is 0 Å². The molecule has 1 aromatic heterocycles. The van der Waals surface area contributed by atoms with E-state index < -0.39 is 0 Å². The summed E-state index contributed by atoms with van der Waals surface area (Å²) in [6, 6.07) is 0. The average molecular weight is 166 g/mol. The summed E-state index contributed by atoms with van der Waals surface area (Å²) in [6.45, 7) is 0. The number of hydrogen-bond donors (Lipinski definition) is 0. The molecule has 0 amide bonds. The highest BCUT2D eigenvalue weighted by molar-refractivity contribution is 4.99. The second-order valence-electron chi connectivity index (χ2n) is 3.24. The number of halogens is 1. The van der Waals surface area contributed by atoms with E-state index in [1.54, 1.807) is 0 Å². The topological polar surface area (TPSA) is 25.8 Å². The standard InChI is InChI=1S/C9H11FN2/c10-8-5-11-9(12-6-8)7-3-1-2-4-7/h5-7H,1-4H2. The van der Waals surface area contributed by atoms with Crippen LogP contribution in [0, 0.1) is 5.82 Å². The number of aromatic nitrogens is 2. The molecule has 1 aliphatic carbocycles. The third-order valence-corrected chi connectivity index (χ3v) is 2.36. The fourth-order valence-electron chi connectivity index (χ4n) is 1.72. The Balaban J connectivity index is 2.17. The first-order valence-electron chi connectivity index (χ1n) is 4.34. The molecule has 3 heteroatoms. The quantitative estimate of drug-likeness (QED) is 0.639. The molecule has 0 radical (unpaired) electrons. The minimum absolute atomic E-state index is 0.350. The van der Waals surface area contributed by atoms with Gasteiger partial charge in [0.1, 0.15) is 5.82 Å². The summed E-state index contributed by atoms with van der Waals surface area (Å²) in [5.41, 5.74) is 0. The predicted octanol–water partition coefficient (Wildman–Crippen LogP) is 2.27. The fraction of sp³-hybridized carbons (Fsp3) is 0.556. The van der Waals surface area contributed by atoms with Crippen molar-refractivity contribution in [3.05, 3.63) is 24.0 Å². The van der Waals surface area contributed by atoms with E-state index in [1.165, 1.54) is 25.2 Å². The Morgan fingerprint density at radius 2 is 1.75 bits per heavy atom. The van der Waals surface area contributed by atoms with Gasteiger partial charge in [-0.2, -0.15) is 0 Å². The van der Waals surface area contributed by atoms with Crippen LogP contribution in [0.2, 0.25) is 0 Å². The molecule has 2 nitrogen and oxygen atoms in total. The lowest BCUT2D eigenvalue weighted by atomic mass is 10.1. The second-order valence-corrected chi connectivity index (χ2v) is 3.24. The zero-order chi connectivity index (χ0) is 8.39. The minimum atomic E-state index is -0.350. The van der Waals surface area contributed by atoms with Gasteiger partial charge in [-0.15, -0.1) is 0 Å². The number of rotatable bonds is 1. The van der Waals surface area contributed by atoms with E-state index in [4.69, 9.17) is 0 Å². The fourth-order valence-corrected chi connectivity index (χ4v) is 1.72. The SMILES string of the molecule is Fc1cnc(C2CCCC2)nc1. The number of hydrogen-bond acceptors (Lipinski definition) is 2. The molecule has 0 saturated heterocycles. The molecule has 0 aromatic carbocycles. The van der Waals surface area contributed by atoms with Crippen molar-refractivity contribution in [2.75, 3.05) is 0 Å². The molecule has 64 valence electrons. The Labute approximate surface area is 70.9 Å². The zero-order valence-corrected chi connectivity index (χ0v) is 6.83. The van der Waals surface area contributed by atoms with Crippen LogP contribution in [0.1, 0.15) is 37.4 Å². The van der Waals surface area contributed by atoms with Gasteiger partial charge < -0.3 is 0 Å². The summed E-state index contributed by atoms with van der Waals surface area (Å²) in [7, 11) is 0. The third kappa shape index (κ3) is 1.44. The monoisotopic (exact) mass is 166 g/mol. The van der Waals surface area contributed by atoms with E-state index in [-0.39, 0.29) is 5.82 Å². The minimum Gasteiger partial charge on any atom is -0.238 e. The molecule has 0 atom stereocenters. The van der Waals surface area contributed by atoms with Gasteiger partial charge in [0.25, 0.3) is 0 Å². The van der Waals surface area contributed by atoms with Crippen molar-refractivity contribution in [2.24, 2.45) is 0 Å².